The fourth-order valence-corrected chi connectivity index (χ4v) is 1.90. The van der Waals surface area contributed by atoms with Crippen molar-refractivity contribution in [3.05, 3.63) is 47.7 Å². The number of hydrogen-bond donors (Lipinski definition) is 1. The van der Waals surface area contributed by atoms with Gasteiger partial charge in [-0.05, 0) is 31.2 Å². The van der Waals surface area contributed by atoms with Gasteiger partial charge < -0.3 is 5.11 Å². The predicted molar refractivity (Wildman–Crippen MR) is 68.4 cm³/mol. The molecule has 2 heterocycles. The van der Waals surface area contributed by atoms with Gasteiger partial charge in [-0.2, -0.15) is 4.68 Å². The van der Waals surface area contributed by atoms with Crippen LogP contribution in [-0.4, -0.2) is 31.1 Å². The Kier molecular flexibility index (Phi) is 2.49. The summed E-state index contributed by atoms with van der Waals surface area (Å²) < 4.78 is 1.45. The molecule has 1 aromatic carbocycles. The van der Waals surface area contributed by atoms with Crippen LogP contribution in [0.2, 0.25) is 0 Å². The van der Waals surface area contributed by atoms with E-state index in [1.54, 1.807) is 13.0 Å². The number of para-hydroxylation sites is 1. The zero-order valence-electron chi connectivity index (χ0n) is 10.1. The number of carboxylic acids is 1. The number of carbonyl (C=O) groups is 1. The molecule has 1 N–H and O–H groups in total. The molecule has 6 heteroatoms. The van der Waals surface area contributed by atoms with Crippen molar-refractivity contribution in [1.29, 1.82) is 0 Å². The highest BCUT2D eigenvalue weighted by molar-refractivity contribution is 5.92. The first-order chi connectivity index (χ1) is 9.16. The predicted octanol–water partition coefficient (Wildman–Crippen LogP) is 1.82. The molecule has 0 saturated heterocycles. The summed E-state index contributed by atoms with van der Waals surface area (Å²) >= 11 is 0. The van der Waals surface area contributed by atoms with Crippen LogP contribution in [0, 0.1) is 6.92 Å². The summed E-state index contributed by atoms with van der Waals surface area (Å²) in [6, 6.07) is 10.5. The number of carboxylic acid groups (broad SMARTS) is 1. The Balaban J connectivity index is 2.32. The topological polar surface area (TPSA) is 80.9 Å². The molecule has 0 aliphatic heterocycles. The van der Waals surface area contributed by atoms with E-state index in [2.05, 4.69) is 15.3 Å². The minimum atomic E-state index is -1.04. The second-order valence-electron chi connectivity index (χ2n) is 4.12. The third-order valence-electron chi connectivity index (χ3n) is 2.80. The number of aryl methyl sites for hydroxylation is 1. The monoisotopic (exact) mass is 254 g/mol. The van der Waals surface area contributed by atoms with Crippen LogP contribution in [-0.2, 0) is 0 Å². The van der Waals surface area contributed by atoms with Crippen molar-refractivity contribution in [3.63, 3.8) is 0 Å². The van der Waals surface area contributed by atoms with Crippen LogP contribution >= 0.6 is 0 Å². The number of rotatable bonds is 2. The second-order valence-corrected chi connectivity index (χ2v) is 4.12. The minimum Gasteiger partial charge on any atom is -0.478 e. The number of nitrogens with zero attached hydrogens (tertiary/aromatic N) is 4. The average Bonchev–Trinajstić information content (AvgIpc) is 2.82. The zero-order valence-corrected chi connectivity index (χ0v) is 10.1. The molecule has 19 heavy (non-hydrogen) atoms. The van der Waals surface area contributed by atoms with Gasteiger partial charge in [-0.1, -0.05) is 17.3 Å². The van der Waals surface area contributed by atoms with E-state index in [1.165, 1.54) is 10.7 Å². The molecule has 0 amide bonds. The van der Waals surface area contributed by atoms with Crippen molar-refractivity contribution >= 4 is 17.0 Å². The van der Waals surface area contributed by atoms with Crippen molar-refractivity contribution < 1.29 is 9.90 Å². The number of hydrogen-bond acceptors (Lipinski definition) is 4. The number of fused-ring (bicyclic) bond motifs is 1. The lowest BCUT2D eigenvalue weighted by molar-refractivity contribution is 0.0696. The summed E-state index contributed by atoms with van der Waals surface area (Å²) in [4.78, 5) is 15.5. The molecule has 0 bridgehead atoms. The van der Waals surface area contributed by atoms with Gasteiger partial charge in [-0.15, -0.1) is 5.10 Å². The Hall–Kier alpha value is -2.76. The van der Waals surface area contributed by atoms with Gasteiger partial charge in [0.2, 0.25) is 0 Å². The lowest BCUT2D eigenvalue weighted by atomic mass is 10.2. The van der Waals surface area contributed by atoms with Crippen molar-refractivity contribution in [2.24, 2.45) is 0 Å². The molecule has 0 atom stereocenters. The Morgan fingerprint density at radius 1 is 1.21 bits per heavy atom. The molecule has 3 rings (SSSR count). The highest BCUT2D eigenvalue weighted by atomic mass is 16.4. The average molecular weight is 254 g/mol. The lowest BCUT2D eigenvalue weighted by Gasteiger charge is -2.06. The molecule has 0 spiro atoms. The van der Waals surface area contributed by atoms with Crippen molar-refractivity contribution in [2.75, 3.05) is 0 Å². The Bertz CT molecular complexity index is 779. The van der Waals surface area contributed by atoms with E-state index in [4.69, 9.17) is 0 Å². The van der Waals surface area contributed by atoms with E-state index in [1.807, 2.05) is 24.3 Å². The van der Waals surface area contributed by atoms with Crippen LogP contribution in [0.15, 0.2) is 36.4 Å². The summed E-state index contributed by atoms with van der Waals surface area (Å²) in [6.07, 6.45) is 0. The summed E-state index contributed by atoms with van der Waals surface area (Å²) in [5, 5.41) is 17.2. The van der Waals surface area contributed by atoms with Crippen LogP contribution in [0.25, 0.3) is 16.9 Å². The number of aromatic carboxylic acids is 1. The molecule has 0 unspecified atom stereocenters. The van der Waals surface area contributed by atoms with E-state index in [-0.39, 0.29) is 11.4 Å². The fraction of sp³-hybridized carbons (Fsp3) is 0.0769. The quantitative estimate of drug-likeness (QED) is 0.754. The molecule has 0 radical (unpaired) electrons. The molecule has 2 aromatic heterocycles. The summed E-state index contributed by atoms with van der Waals surface area (Å²) in [6.45, 7) is 1.80. The van der Waals surface area contributed by atoms with E-state index in [0.717, 1.165) is 11.2 Å². The number of benzene rings is 1. The standard InChI is InChI=1S/C13H10N4O2/c1-8-6-7-9(13(18)19)12(14-8)17-11-5-3-2-4-10(11)15-16-17/h2-7H,1H3,(H,18,19). The van der Waals surface area contributed by atoms with E-state index >= 15 is 0 Å². The fourth-order valence-electron chi connectivity index (χ4n) is 1.90. The van der Waals surface area contributed by atoms with Gasteiger partial charge >= 0.3 is 5.97 Å². The van der Waals surface area contributed by atoms with Crippen LogP contribution in [0.3, 0.4) is 0 Å². The summed E-state index contributed by atoms with van der Waals surface area (Å²) in [7, 11) is 0. The van der Waals surface area contributed by atoms with Gasteiger partial charge in [-0.25, -0.2) is 9.78 Å². The first-order valence-electron chi connectivity index (χ1n) is 5.68. The van der Waals surface area contributed by atoms with Gasteiger partial charge in [0.1, 0.15) is 11.1 Å². The minimum absolute atomic E-state index is 0.0984. The largest absolute Gasteiger partial charge is 0.478 e. The molecule has 0 aliphatic rings. The van der Waals surface area contributed by atoms with E-state index in [9.17, 15) is 9.90 Å². The molecular weight excluding hydrogens is 244 g/mol. The van der Waals surface area contributed by atoms with Crippen LogP contribution < -0.4 is 0 Å². The highest BCUT2D eigenvalue weighted by Crippen LogP contribution is 2.18. The van der Waals surface area contributed by atoms with Gasteiger partial charge in [0.05, 0.1) is 5.52 Å². The second kappa shape index (κ2) is 4.16. The molecular formula is C13H10N4O2. The van der Waals surface area contributed by atoms with Crippen molar-refractivity contribution in [2.45, 2.75) is 6.92 Å². The molecule has 3 aromatic rings. The molecule has 0 aliphatic carbocycles. The normalized spacial score (nSPS) is 10.8. The zero-order chi connectivity index (χ0) is 13.4. The van der Waals surface area contributed by atoms with E-state index < -0.39 is 5.97 Å². The maximum atomic E-state index is 11.3. The molecule has 6 nitrogen and oxygen atoms in total. The maximum absolute atomic E-state index is 11.3. The summed E-state index contributed by atoms with van der Waals surface area (Å²) in [5.41, 5.74) is 2.24. The smallest absolute Gasteiger partial charge is 0.339 e. The van der Waals surface area contributed by atoms with Gasteiger partial charge in [0, 0.05) is 5.69 Å². The van der Waals surface area contributed by atoms with Gasteiger partial charge in [0.25, 0.3) is 0 Å². The first kappa shape index (κ1) is 11.3. The van der Waals surface area contributed by atoms with Crippen LogP contribution in [0.1, 0.15) is 16.1 Å². The third kappa shape index (κ3) is 1.83. The SMILES string of the molecule is Cc1ccc(C(=O)O)c(-n2nnc3ccccc32)n1. The van der Waals surface area contributed by atoms with Crippen molar-refractivity contribution in [1.82, 2.24) is 20.0 Å². The number of aromatic nitrogens is 4. The number of pyridine rings is 1. The molecule has 94 valence electrons. The van der Waals surface area contributed by atoms with Gasteiger partial charge in [0.15, 0.2) is 5.82 Å². The summed E-state index contributed by atoms with van der Waals surface area (Å²) in [5.74, 6) is -0.761. The van der Waals surface area contributed by atoms with Crippen LogP contribution in [0.5, 0.6) is 0 Å². The van der Waals surface area contributed by atoms with Gasteiger partial charge in [-0.3, -0.25) is 0 Å². The highest BCUT2D eigenvalue weighted by Gasteiger charge is 2.16. The lowest BCUT2D eigenvalue weighted by Crippen LogP contribution is -2.09. The molecule has 0 fully saturated rings. The Morgan fingerprint density at radius 3 is 2.79 bits per heavy atom. The first-order valence-corrected chi connectivity index (χ1v) is 5.68. The Labute approximate surface area is 108 Å². The Morgan fingerprint density at radius 2 is 2.00 bits per heavy atom. The maximum Gasteiger partial charge on any atom is 0.339 e. The van der Waals surface area contributed by atoms with Crippen molar-refractivity contribution in [3.8, 4) is 5.82 Å². The third-order valence-corrected chi connectivity index (χ3v) is 2.80. The van der Waals surface area contributed by atoms with E-state index in [0.29, 0.717) is 5.52 Å². The van der Waals surface area contributed by atoms with Crippen LogP contribution in [0.4, 0.5) is 0 Å². The molecule has 0 saturated carbocycles.